The van der Waals surface area contributed by atoms with Gasteiger partial charge in [0.05, 0.1) is 7.11 Å². The Balaban J connectivity index is 1.53. The van der Waals surface area contributed by atoms with Gasteiger partial charge in [-0.3, -0.25) is 9.69 Å². The zero-order valence-corrected chi connectivity index (χ0v) is 15.8. The molecule has 2 aliphatic heterocycles. The Morgan fingerprint density at radius 3 is 2.43 bits per heavy atom. The molecule has 0 unspecified atom stereocenters. The molecule has 1 aromatic carbocycles. The van der Waals surface area contributed by atoms with E-state index in [4.69, 9.17) is 4.74 Å². The second-order valence-electron chi connectivity index (χ2n) is 6.88. The van der Waals surface area contributed by atoms with Crippen LogP contribution in [0.4, 0.5) is 10.7 Å². The smallest absolute Gasteiger partial charge is 0.410 e. The number of rotatable bonds is 2. The van der Waals surface area contributed by atoms with Crippen LogP contribution in [0.5, 0.6) is 0 Å². The van der Waals surface area contributed by atoms with Crippen molar-refractivity contribution >= 4 is 17.9 Å². The summed E-state index contributed by atoms with van der Waals surface area (Å²) in [5.74, 6) is 0.611. The molecule has 2 amide bonds. The average Bonchev–Trinajstić information content (AvgIpc) is 2.78. The number of piperazine rings is 1. The minimum absolute atomic E-state index is 0.0637. The van der Waals surface area contributed by atoms with Crippen LogP contribution < -0.4 is 4.90 Å². The number of amides is 2. The van der Waals surface area contributed by atoms with Crippen molar-refractivity contribution in [3.05, 3.63) is 53.9 Å². The van der Waals surface area contributed by atoms with Gasteiger partial charge in [-0.1, -0.05) is 24.3 Å². The van der Waals surface area contributed by atoms with Crippen LogP contribution in [-0.4, -0.2) is 71.6 Å². The Hall–Kier alpha value is -3.16. The van der Waals surface area contributed by atoms with Gasteiger partial charge < -0.3 is 14.5 Å². The van der Waals surface area contributed by atoms with E-state index in [2.05, 4.69) is 14.9 Å². The zero-order valence-electron chi connectivity index (χ0n) is 15.8. The number of hydrogen-bond acceptors (Lipinski definition) is 6. The summed E-state index contributed by atoms with van der Waals surface area (Å²) in [6, 6.07) is 8.97. The van der Waals surface area contributed by atoms with Crippen LogP contribution in [0.25, 0.3) is 0 Å². The first-order valence-electron chi connectivity index (χ1n) is 9.42. The van der Waals surface area contributed by atoms with E-state index in [0.29, 0.717) is 45.1 Å². The molecular formula is C20H23N5O3. The second-order valence-corrected chi connectivity index (χ2v) is 6.88. The molecule has 0 bridgehead atoms. The van der Waals surface area contributed by atoms with Gasteiger partial charge in [0.15, 0.2) is 0 Å². The molecule has 1 atom stereocenters. The van der Waals surface area contributed by atoms with Crippen LogP contribution in [0.3, 0.4) is 0 Å². The number of carbonyl (C=O) groups excluding carboxylic acids is 2. The Morgan fingerprint density at radius 1 is 1.00 bits per heavy atom. The van der Waals surface area contributed by atoms with Crippen LogP contribution in [0.1, 0.15) is 17.2 Å². The molecule has 3 heterocycles. The van der Waals surface area contributed by atoms with Crippen LogP contribution >= 0.6 is 0 Å². The van der Waals surface area contributed by atoms with E-state index >= 15 is 0 Å². The lowest BCUT2D eigenvalue weighted by atomic mass is 9.92. The molecule has 1 fully saturated rings. The maximum absolute atomic E-state index is 13.4. The molecule has 4 rings (SSSR count). The average molecular weight is 381 g/mol. The van der Waals surface area contributed by atoms with Crippen molar-refractivity contribution in [1.29, 1.82) is 0 Å². The molecule has 0 N–H and O–H groups in total. The molecule has 1 aromatic heterocycles. The first-order valence-corrected chi connectivity index (χ1v) is 9.42. The van der Waals surface area contributed by atoms with E-state index in [1.54, 1.807) is 18.5 Å². The lowest BCUT2D eigenvalue weighted by Gasteiger charge is -2.41. The molecule has 8 nitrogen and oxygen atoms in total. The molecule has 0 radical (unpaired) electrons. The topological polar surface area (TPSA) is 78.9 Å². The third kappa shape index (κ3) is 3.37. The van der Waals surface area contributed by atoms with E-state index in [9.17, 15) is 9.59 Å². The fourth-order valence-corrected chi connectivity index (χ4v) is 3.90. The number of anilines is 1. The first-order chi connectivity index (χ1) is 13.7. The van der Waals surface area contributed by atoms with Crippen LogP contribution in [0.15, 0.2) is 42.7 Å². The quantitative estimate of drug-likeness (QED) is 0.784. The number of ether oxygens (including phenoxy) is 1. The summed E-state index contributed by atoms with van der Waals surface area (Å²) < 4.78 is 4.94. The predicted octanol–water partition coefficient (Wildman–Crippen LogP) is 1.49. The number of aromatic nitrogens is 2. The fraction of sp³-hybridized carbons (Fsp3) is 0.400. The molecule has 0 spiro atoms. The van der Waals surface area contributed by atoms with Gasteiger partial charge in [0.2, 0.25) is 11.9 Å². The maximum Gasteiger partial charge on any atom is 0.410 e. The molecule has 0 aliphatic carbocycles. The Kier molecular flexibility index (Phi) is 5.10. The van der Waals surface area contributed by atoms with Crippen molar-refractivity contribution in [2.75, 3.05) is 44.7 Å². The van der Waals surface area contributed by atoms with Crippen molar-refractivity contribution in [2.24, 2.45) is 0 Å². The second kappa shape index (κ2) is 7.84. The predicted molar refractivity (Wildman–Crippen MR) is 103 cm³/mol. The third-order valence-electron chi connectivity index (χ3n) is 5.35. The summed E-state index contributed by atoms with van der Waals surface area (Å²) >= 11 is 0. The lowest BCUT2D eigenvalue weighted by Crippen LogP contribution is -2.54. The van der Waals surface area contributed by atoms with E-state index in [1.807, 2.05) is 29.2 Å². The minimum Gasteiger partial charge on any atom is -0.453 e. The van der Waals surface area contributed by atoms with Gasteiger partial charge in [-0.15, -0.1) is 0 Å². The number of nitrogens with zero attached hydrogens (tertiary/aromatic N) is 5. The normalized spacial score (nSPS) is 19.2. The van der Waals surface area contributed by atoms with E-state index < -0.39 is 12.1 Å². The fourth-order valence-electron chi connectivity index (χ4n) is 3.90. The minimum atomic E-state index is -0.642. The van der Waals surface area contributed by atoms with Crippen molar-refractivity contribution in [3.63, 3.8) is 0 Å². The lowest BCUT2D eigenvalue weighted by molar-refractivity contribution is -0.137. The summed E-state index contributed by atoms with van der Waals surface area (Å²) in [7, 11) is 1.35. The Bertz CT molecular complexity index is 852. The van der Waals surface area contributed by atoms with E-state index in [0.717, 1.165) is 11.1 Å². The van der Waals surface area contributed by atoms with Gasteiger partial charge in [-0.25, -0.2) is 14.8 Å². The van der Waals surface area contributed by atoms with E-state index in [-0.39, 0.29) is 5.91 Å². The number of fused-ring (bicyclic) bond motifs is 1. The third-order valence-corrected chi connectivity index (χ3v) is 5.35. The highest BCUT2D eigenvalue weighted by atomic mass is 16.5. The van der Waals surface area contributed by atoms with E-state index in [1.165, 1.54) is 12.0 Å². The SMILES string of the molecule is COC(=O)N1CCc2ccccc2[C@H]1C(=O)N1CCN(c2ncccn2)CC1. The summed E-state index contributed by atoms with van der Waals surface area (Å²) in [5.41, 5.74) is 2.00. The number of carbonyl (C=O) groups is 2. The van der Waals surface area contributed by atoms with Crippen molar-refractivity contribution in [1.82, 2.24) is 19.8 Å². The molecule has 8 heteroatoms. The summed E-state index contributed by atoms with van der Waals surface area (Å²) in [5, 5.41) is 0. The maximum atomic E-state index is 13.4. The molecule has 2 aliphatic rings. The van der Waals surface area contributed by atoms with Crippen molar-refractivity contribution in [3.8, 4) is 0 Å². The summed E-state index contributed by atoms with van der Waals surface area (Å²) in [6.45, 7) is 2.90. The number of methoxy groups -OCH3 is 1. The largest absolute Gasteiger partial charge is 0.453 e. The summed E-state index contributed by atoms with van der Waals surface area (Å²) in [4.78, 5) is 39.7. The van der Waals surface area contributed by atoms with Crippen LogP contribution in [0.2, 0.25) is 0 Å². The van der Waals surface area contributed by atoms with Gasteiger partial charge in [-0.05, 0) is 23.6 Å². The highest BCUT2D eigenvalue weighted by Crippen LogP contribution is 2.32. The van der Waals surface area contributed by atoms with Gasteiger partial charge in [0.1, 0.15) is 6.04 Å². The monoisotopic (exact) mass is 381 g/mol. The Morgan fingerprint density at radius 2 is 1.71 bits per heavy atom. The molecule has 2 aromatic rings. The van der Waals surface area contributed by atoms with Crippen molar-refractivity contribution in [2.45, 2.75) is 12.5 Å². The van der Waals surface area contributed by atoms with Gasteiger partial charge in [0.25, 0.3) is 0 Å². The molecule has 0 saturated carbocycles. The molecule has 1 saturated heterocycles. The Labute approximate surface area is 163 Å². The highest BCUT2D eigenvalue weighted by Gasteiger charge is 2.39. The van der Waals surface area contributed by atoms with Gasteiger partial charge in [-0.2, -0.15) is 0 Å². The molecular weight excluding hydrogens is 358 g/mol. The number of hydrogen-bond donors (Lipinski definition) is 0. The summed E-state index contributed by atoms with van der Waals surface area (Å²) in [6.07, 6.45) is 3.68. The highest BCUT2D eigenvalue weighted by molar-refractivity contribution is 5.88. The first kappa shape index (κ1) is 18.2. The zero-order chi connectivity index (χ0) is 19.5. The van der Waals surface area contributed by atoms with Crippen LogP contribution in [-0.2, 0) is 16.0 Å². The standard InChI is InChI=1S/C20H23N5O3/c1-28-20(27)25-10-7-15-5-2-3-6-16(15)17(25)18(26)23-11-13-24(14-12-23)19-21-8-4-9-22-19/h2-6,8-9,17H,7,10-14H2,1H3/t17-/m0/s1. The van der Waals surface area contributed by atoms with Crippen LogP contribution in [0, 0.1) is 0 Å². The number of benzene rings is 1. The van der Waals surface area contributed by atoms with Gasteiger partial charge >= 0.3 is 6.09 Å². The molecule has 146 valence electrons. The van der Waals surface area contributed by atoms with Crippen molar-refractivity contribution < 1.29 is 14.3 Å². The van der Waals surface area contributed by atoms with Gasteiger partial charge in [0, 0.05) is 45.1 Å². The molecule has 28 heavy (non-hydrogen) atoms.